The molecule has 0 bridgehead atoms. The van der Waals surface area contributed by atoms with Gasteiger partial charge in [0.1, 0.15) is 0 Å². The topological polar surface area (TPSA) is 58.2 Å². The lowest BCUT2D eigenvalue weighted by Crippen LogP contribution is -2.41. The zero-order valence-corrected chi connectivity index (χ0v) is 13.3. The largest absolute Gasteiger partial charge is 0.385 e. The Morgan fingerprint density at radius 2 is 1.90 bits per heavy atom. The first-order chi connectivity index (χ1) is 9.35. The number of sulfonamides is 1. The highest BCUT2D eigenvalue weighted by molar-refractivity contribution is 7.89. The first kappa shape index (κ1) is 15.3. The molecule has 5 heteroatoms. The van der Waals surface area contributed by atoms with E-state index in [2.05, 4.69) is 23.9 Å². The summed E-state index contributed by atoms with van der Waals surface area (Å²) in [7, 11) is -3.42. The Bertz CT molecular complexity index is 550. The molecule has 4 nitrogen and oxygen atoms in total. The molecule has 1 aliphatic carbocycles. The van der Waals surface area contributed by atoms with Crippen LogP contribution in [0.5, 0.6) is 0 Å². The molecular weight excluding hydrogens is 272 g/mol. The van der Waals surface area contributed by atoms with Crippen LogP contribution in [0.4, 0.5) is 5.69 Å². The predicted octanol–water partition coefficient (Wildman–Crippen LogP) is 2.98. The first-order valence-electron chi connectivity index (χ1n) is 7.21. The van der Waals surface area contributed by atoms with E-state index in [1.807, 2.05) is 6.92 Å². The number of rotatable bonds is 5. The van der Waals surface area contributed by atoms with E-state index in [1.54, 1.807) is 24.3 Å². The zero-order valence-electron chi connectivity index (χ0n) is 12.4. The monoisotopic (exact) mass is 296 g/mol. The quantitative estimate of drug-likeness (QED) is 0.878. The second kappa shape index (κ2) is 5.74. The molecule has 1 aliphatic rings. The molecule has 1 saturated carbocycles. The molecule has 1 atom stereocenters. The van der Waals surface area contributed by atoms with Crippen molar-refractivity contribution < 1.29 is 8.42 Å². The van der Waals surface area contributed by atoms with Crippen LogP contribution in [0.1, 0.15) is 40.0 Å². The number of benzene rings is 1. The smallest absolute Gasteiger partial charge is 0.240 e. The van der Waals surface area contributed by atoms with E-state index in [0.717, 1.165) is 31.5 Å². The molecule has 0 saturated heterocycles. The first-order valence-corrected chi connectivity index (χ1v) is 8.70. The fourth-order valence-electron chi connectivity index (χ4n) is 2.76. The van der Waals surface area contributed by atoms with Crippen molar-refractivity contribution in [3.8, 4) is 0 Å². The molecule has 1 fully saturated rings. The van der Waals surface area contributed by atoms with Crippen LogP contribution in [0.2, 0.25) is 0 Å². The van der Waals surface area contributed by atoms with Gasteiger partial charge in [-0.2, -0.15) is 0 Å². The average Bonchev–Trinajstić information content (AvgIpc) is 2.69. The van der Waals surface area contributed by atoms with Gasteiger partial charge >= 0.3 is 0 Å². The van der Waals surface area contributed by atoms with Crippen LogP contribution in [0.25, 0.3) is 0 Å². The molecule has 1 aromatic rings. The minimum atomic E-state index is -3.42. The Labute approximate surface area is 122 Å². The summed E-state index contributed by atoms with van der Waals surface area (Å²) in [5, 5.41) is 3.16. The summed E-state index contributed by atoms with van der Waals surface area (Å²) in [5.74, 6) is 0. The molecule has 0 radical (unpaired) electrons. The Hall–Kier alpha value is -1.07. The van der Waals surface area contributed by atoms with Crippen LogP contribution in [-0.4, -0.2) is 21.0 Å². The fraction of sp³-hybridized carbons (Fsp3) is 0.600. The third-order valence-electron chi connectivity index (χ3n) is 4.10. The number of hydrogen-bond acceptors (Lipinski definition) is 3. The lowest BCUT2D eigenvalue weighted by atomic mass is 9.88. The van der Waals surface area contributed by atoms with Gasteiger partial charge in [0.2, 0.25) is 10.0 Å². The molecule has 2 N–H and O–H groups in total. The maximum atomic E-state index is 12.4. The van der Waals surface area contributed by atoms with Crippen LogP contribution < -0.4 is 10.0 Å². The average molecular weight is 296 g/mol. The van der Waals surface area contributed by atoms with Gasteiger partial charge in [0.25, 0.3) is 0 Å². The third-order valence-corrected chi connectivity index (χ3v) is 5.59. The molecule has 0 heterocycles. The van der Waals surface area contributed by atoms with Gasteiger partial charge in [-0.3, -0.25) is 0 Å². The van der Waals surface area contributed by atoms with Crippen molar-refractivity contribution in [2.24, 2.45) is 5.41 Å². The minimum absolute atomic E-state index is 0.0287. The summed E-state index contributed by atoms with van der Waals surface area (Å²) >= 11 is 0. The minimum Gasteiger partial charge on any atom is -0.385 e. The van der Waals surface area contributed by atoms with Gasteiger partial charge < -0.3 is 5.32 Å². The van der Waals surface area contributed by atoms with Gasteiger partial charge in [-0.25, -0.2) is 13.1 Å². The van der Waals surface area contributed by atoms with E-state index in [0.29, 0.717) is 4.90 Å². The highest BCUT2D eigenvalue weighted by Gasteiger charge is 2.37. The van der Waals surface area contributed by atoms with Crippen molar-refractivity contribution in [1.29, 1.82) is 0 Å². The Balaban J connectivity index is 2.14. The van der Waals surface area contributed by atoms with E-state index in [9.17, 15) is 8.42 Å². The van der Waals surface area contributed by atoms with Crippen molar-refractivity contribution in [3.05, 3.63) is 24.3 Å². The summed E-state index contributed by atoms with van der Waals surface area (Å²) in [4.78, 5) is 0.335. The van der Waals surface area contributed by atoms with Gasteiger partial charge in [-0.15, -0.1) is 0 Å². The molecule has 0 aromatic heterocycles. The second-order valence-electron chi connectivity index (χ2n) is 6.11. The zero-order chi connectivity index (χ0) is 14.8. The molecule has 1 unspecified atom stereocenters. The van der Waals surface area contributed by atoms with Crippen LogP contribution in [0, 0.1) is 5.41 Å². The molecule has 0 aliphatic heterocycles. The Kier molecular flexibility index (Phi) is 4.39. The number of anilines is 1. The van der Waals surface area contributed by atoms with E-state index in [-0.39, 0.29) is 11.5 Å². The fourth-order valence-corrected chi connectivity index (χ4v) is 4.20. The third kappa shape index (κ3) is 3.33. The van der Waals surface area contributed by atoms with Gasteiger partial charge in [-0.05, 0) is 49.4 Å². The molecule has 20 heavy (non-hydrogen) atoms. The predicted molar refractivity (Wildman–Crippen MR) is 82.3 cm³/mol. The number of hydrogen-bond donors (Lipinski definition) is 2. The second-order valence-corrected chi connectivity index (χ2v) is 7.82. The van der Waals surface area contributed by atoms with E-state index in [1.165, 1.54) is 0 Å². The molecular formula is C15H24N2O2S. The summed E-state index contributed by atoms with van der Waals surface area (Å²) in [6, 6.07) is 6.95. The van der Waals surface area contributed by atoms with E-state index in [4.69, 9.17) is 0 Å². The van der Waals surface area contributed by atoms with Gasteiger partial charge in [0.15, 0.2) is 0 Å². The highest BCUT2D eigenvalue weighted by atomic mass is 32.2. The van der Waals surface area contributed by atoms with E-state index >= 15 is 0 Å². The molecule has 1 aromatic carbocycles. The number of nitrogens with one attached hydrogen (secondary N) is 2. The summed E-state index contributed by atoms with van der Waals surface area (Å²) in [6.07, 6.45) is 3.07. The van der Waals surface area contributed by atoms with Crippen molar-refractivity contribution in [2.75, 3.05) is 11.9 Å². The SMILES string of the molecule is CCNc1ccc(S(=O)(=O)NC2CCCC2(C)C)cc1. The highest BCUT2D eigenvalue weighted by Crippen LogP contribution is 2.37. The van der Waals surface area contributed by atoms with Crippen LogP contribution >= 0.6 is 0 Å². The van der Waals surface area contributed by atoms with Gasteiger partial charge in [0.05, 0.1) is 4.90 Å². The molecule has 0 spiro atoms. The summed E-state index contributed by atoms with van der Waals surface area (Å²) in [5.41, 5.74) is 0.976. The van der Waals surface area contributed by atoms with Crippen molar-refractivity contribution >= 4 is 15.7 Å². The van der Waals surface area contributed by atoms with Crippen LogP contribution in [-0.2, 0) is 10.0 Å². The molecule has 112 valence electrons. The van der Waals surface area contributed by atoms with Gasteiger partial charge in [0, 0.05) is 18.3 Å². The lowest BCUT2D eigenvalue weighted by molar-refractivity contribution is 0.313. The lowest BCUT2D eigenvalue weighted by Gasteiger charge is -2.27. The summed E-state index contributed by atoms with van der Waals surface area (Å²) < 4.78 is 27.7. The molecule has 0 amide bonds. The maximum Gasteiger partial charge on any atom is 0.240 e. The molecule has 2 rings (SSSR count). The Morgan fingerprint density at radius 1 is 1.25 bits per heavy atom. The van der Waals surface area contributed by atoms with Crippen molar-refractivity contribution in [2.45, 2.75) is 51.0 Å². The summed E-state index contributed by atoms with van der Waals surface area (Å²) in [6.45, 7) is 7.08. The van der Waals surface area contributed by atoms with E-state index < -0.39 is 10.0 Å². The van der Waals surface area contributed by atoms with Gasteiger partial charge in [-0.1, -0.05) is 20.3 Å². The standard InChI is InChI=1S/C15H24N2O2S/c1-4-16-12-7-9-13(10-8-12)20(18,19)17-14-6-5-11-15(14,2)3/h7-10,14,16-17H,4-6,11H2,1-3H3. The van der Waals surface area contributed by atoms with Crippen LogP contribution in [0.3, 0.4) is 0 Å². The van der Waals surface area contributed by atoms with Crippen molar-refractivity contribution in [1.82, 2.24) is 4.72 Å². The van der Waals surface area contributed by atoms with Crippen LogP contribution in [0.15, 0.2) is 29.2 Å². The maximum absolute atomic E-state index is 12.4. The normalized spacial score (nSPS) is 21.9. The van der Waals surface area contributed by atoms with Crippen molar-refractivity contribution in [3.63, 3.8) is 0 Å². The Morgan fingerprint density at radius 3 is 2.40 bits per heavy atom.